The van der Waals surface area contributed by atoms with E-state index in [1.54, 1.807) is 0 Å². The molecule has 0 atom stereocenters. The molecule has 2 nitrogen and oxygen atoms in total. The lowest BCUT2D eigenvalue weighted by Crippen LogP contribution is -2.00. The first-order valence-corrected chi connectivity index (χ1v) is 7.58. The predicted molar refractivity (Wildman–Crippen MR) is 83.3 cm³/mol. The maximum absolute atomic E-state index is 4.51. The van der Waals surface area contributed by atoms with Crippen LogP contribution < -0.4 is 0 Å². The van der Waals surface area contributed by atoms with Crippen molar-refractivity contribution in [3.05, 3.63) is 52.8 Å². The molecule has 1 aliphatic carbocycles. The summed E-state index contributed by atoms with van der Waals surface area (Å²) in [7, 11) is 0. The standard InChI is InChI=1S/C16H17BrN2/c17-14-4-3-5-15(10-14)18-11-13-8-9-19(12-13)16-6-1-2-7-16/h3-5,8-12,16H,1-2,6-7H2. The van der Waals surface area contributed by atoms with Gasteiger partial charge >= 0.3 is 0 Å². The lowest BCUT2D eigenvalue weighted by Gasteiger charge is -2.10. The normalized spacial score (nSPS) is 16.5. The van der Waals surface area contributed by atoms with Crippen LogP contribution >= 0.6 is 15.9 Å². The molecular weight excluding hydrogens is 300 g/mol. The topological polar surface area (TPSA) is 17.3 Å². The summed E-state index contributed by atoms with van der Waals surface area (Å²) < 4.78 is 3.40. The van der Waals surface area contributed by atoms with Crippen molar-refractivity contribution in [2.24, 2.45) is 4.99 Å². The van der Waals surface area contributed by atoms with Crippen LogP contribution in [0, 0.1) is 0 Å². The molecule has 1 aliphatic rings. The number of rotatable bonds is 3. The van der Waals surface area contributed by atoms with Crippen molar-refractivity contribution in [2.75, 3.05) is 0 Å². The maximum atomic E-state index is 4.51. The van der Waals surface area contributed by atoms with E-state index in [4.69, 9.17) is 0 Å². The molecule has 0 amide bonds. The van der Waals surface area contributed by atoms with E-state index in [1.807, 2.05) is 30.5 Å². The molecule has 2 aromatic rings. The van der Waals surface area contributed by atoms with Crippen LogP contribution in [0.3, 0.4) is 0 Å². The Bertz CT molecular complexity index is 580. The minimum absolute atomic E-state index is 0.702. The molecule has 1 saturated carbocycles. The van der Waals surface area contributed by atoms with Crippen LogP contribution in [0.1, 0.15) is 37.3 Å². The largest absolute Gasteiger partial charge is 0.351 e. The van der Waals surface area contributed by atoms with Gasteiger partial charge in [-0.1, -0.05) is 34.8 Å². The second kappa shape index (κ2) is 5.74. The number of aliphatic imine (C=N–C) groups is 1. The predicted octanol–water partition coefficient (Wildman–Crippen LogP) is 5.12. The molecule has 1 aromatic carbocycles. The molecule has 19 heavy (non-hydrogen) atoms. The van der Waals surface area contributed by atoms with Gasteiger partial charge in [-0.05, 0) is 37.1 Å². The molecule has 0 bridgehead atoms. The summed E-state index contributed by atoms with van der Waals surface area (Å²) in [6.45, 7) is 0. The van der Waals surface area contributed by atoms with Crippen LogP contribution in [-0.4, -0.2) is 10.8 Å². The SMILES string of the molecule is Brc1cccc(N=Cc2ccn(C3CCCC3)c2)c1. The zero-order valence-corrected chi connectivity index (χ0v) is 12.4. The molecule has 0 unspecified atom stereocenters. The molecule has 1 fully saturated rings. The van der Waals surface area contributed by atoms with Gasteiger partial charge in [0.25, 0.3) is 0 Å². The van der Waals surface area contributed by atoms with Gasteiger partial charge in [-0.25, -0.2) is 0 Å². The Morgan fingerprint density at radius 3 is 2.84 bits per heavy atom. The molecule has 0 radical (unpaired) electrons. The zero-order chi connectivity index (χ0) is 13.1. The third kappa shape index (κ3) is 3.16. The Morgan fingerprint density at radius 1 is 1.21 bits per heavy atom. The fourth-order valence-electron chi connectivity index (χ4n) is 2.64. The number of aromatic nitrogens is 1. The van der Waals surface area contributed by atoms with Crippen molar-refractivity contribution >= 4 is 27.8 Å². The number of benzene rings is 1. The van der Waals surface area contributed by atoms with Gasteiger partial charge in [0.2, 0.25) is 0 Å². The van der Waals surface area contributed by atoms with Crippen LogP contribution in [0.2, 0.25) is 0 Å². The van der Waals surface area contributed by atoms with Gasteiger partial charge in [0.15, 0.2) is 0 Å². The molecule has 3 heteroatoms. The Morgan fingerprint density at radius 2 is 2.05 bits per heavy atom. The fourth-order valence-corrected chi connectivity index (χ4v) is 3.03. The number of hydrogen-bond donors (Lipinski definition) is 0. The molecular formula is C16H17BrN2. The van der Waals surface area contributed by atoms with E-state index in [1.165, 1.54) is 31.2 Å². The van der Waals surface area contributed by atoms with E-state index in [2.05, 4.69) is 43.9 Å². The number of nitrogens with zero attached hydrogens (tertiary/aromatic N) is 2. The molecule has 0 saturated heterocycles. The summed E-state index contributed by atoms with van der Waals surface area (Å²) in [4.78, 5) is 4.51. The number of hydrogen-bond acceptors (Lipinski definition) is 1. The fraction of sp³-hybridized carbons (Fsp3) is 0.312. The van der Waals surface area contributed by atoms with E-state index in [0.717, 1.165) is 10.2 Å². The minimum Gasteiger partial charge on any atom is -0.351 e. The van der Waals surface area contributed by atoms with Gasteiger partial charge in [0.1, 0.15) is 0 Å². The third-order valence-corrected chi connectivity index (χ3v) is 4.15. The highest BCUT2D eigenvalue weighted by Gasteiger charge is 2.15. The maximum Gasteiger partial charge on any atom is 0.0641 e. The van der Waals surface area contributed by atoms with Crippen molar-refractivity contribution in [2.45, 2.75) is 31.7 Å². The van der Waals surface area contributed by atoms with Crippen molar-refractivity contribution in [3.63, 3.8) is 0 Å². The molecule has 0 N–H and O–H groups in total. The third-order valence-electron chi connectivity index (χ3n) is 3.65. The van der Waals surface area contributed by atoms with E-state index in [0.29, 0.717) is 6.04 Å². The summed E-state index contributed by atoms with van der Waals surface area (Å²) in [6.07, 6.45) is 11.7. The van der Waals surface area contributed by atoms with Crippen LogP contribution in [-0.2, 0) is 0 Å². The first kappa shape index (κ1) is 12.7. The lowest BCUT2D eigenvalue weighted by atomic mass is 10.2. The van der Waals surface area contributed by atoms with E-state index >= 15 is 0 Å². The van der Waals surface area contributed by atoms with Gasteiger partial charge in [-0.15, -0.1) is 0 Å². The van der Waals surface area contributed by atoms with E-state index in [-0.39, 0.29) is 0 Å². The van der Waals surface area contributed by atoms with Crippen molar-refractivity contribution < 1.29 is 0 Å². The average molecular weight is 317 g/mol. The van der Waals surface area contributed by atoms with Gasteiger partial charge in [0, 0.05) is 34.7 Å². The molecule has 98 valence electrons. The highest BCUT2D eigenvalue weighted by molar-refractivity contribution is 9.10. The van der Waals surface area contributed by atoms with Gasteiger partial charge in [0.05, 0.1) is 5.69 Å². The first-order chi connectivity index (χ1) is 9.31. The summed E-state index contributed by atoms with van der Waals surface area (Å²) in [5, 5.41) is 0. The summed E-state index contributed by atoms with van der Waals surface area (Å²) in [5.74, 6) is 0. The smallest absolute Gasteiger partial charge is 0.0641 e. The highest BCUT2D eigenvalue weighted by Crippen LogP contribution is 2.29. The lowest BCUT2D eigenvalue weighted by molar-refractivity contribution is 0.521. The number of halogens is 1. The summed E-state index contributed by atoms with van der Waals surface area (Å²) in [5.41, 5.74) is 2.15. The molecule has 0 spiro atoms. The summed E-state index contributed by atoms with van der Waals surface area (Å²) >= 11 is 3.46. The minimum atomic E-state index is 0.702. The van der Waals surface area contributed by atoms with E-state index in [9.17, 15) is 0 Å². The van der Waals surface area contributed by atoms with Crippen LogP contribution in [0.25, 0.3) is 0 Å². The van der Waals surface area contributed by atoms with Crippen LogP contribution in [0.4, 0.5) is 5.69 Å². The molecule has 0 aliphatic heterocycles. The van der Waals surface area contributed by atoms with E-state index < -0.39 is 0 Å². The quantitative estimate of drug-likeness (QED) is 0.700. The second-order valence-corrected chi connectivity index (χ2v) is 5.98. The molecule has 1 aromatic heterocycles. The second-order valence-electron chi connectivity index (χ2n) is 5.07. The van der Waals surface area contributed by atoms with Crippen LogP contribution in [0.5, 0.6) is 0 Å². The average Bonchev–Trinajstić information content (AvgIpc) is 3.07. The molecule has 1 heterocycles. The van der Waals surface area contributed by atoms with Gasteiger partial charge < -0.3 is 4.57 Å². The van der Waals surface area contributed by atoms with Crippen molar-refractivity contribution in [1.82, 2.24) is 4.57 Å². The van der Waals surface area contributed by atoms with Crippen LogP contribution in [0.15, 0.2) is 52.2 Å². The molecule has 3 rings (SSSR count). The Labute approximate surface area is 122 Å². The Hall–Kier alpha value is -1.35. The van der Waals surface area contributed by atoms with Gasteiger partial charge in [-0.2, -0.15) is 0 Å². The Balaban J connectivity index is 1.73. The van der Waals surface area contributed by atoms with Gasteiger partial charge in [-0.3, -0.25) is 4.99 Å². The first-order valence-electron chi connectivity index (χ1n) is 6.78. The Kier molecular flexibility index (Phi) is 3.83. The summed E-state index contributed by atoms with van der Waals surface area (Å²) in [6, 6.07) is 10.9. The van der Waals surface area contributed by atoms with Crippen molar-refractivity contribution in [1.29, 1.82) is 0 Å². The monoisotopic (exact) mass is 316 g/mol. The van der Waals surface area contributed by atoms with Crippen molar-refractivity contribution in [3.8, 4) is 0 Å². The zero-order valence-electron chi connectivity index (χ0n) is 10.8. The highest BCUT2D eigenvalue weighted by atomic mass is 79.9.